The molecule has 16 heavy (non-hydrogen) atoms. The van der Waals surface area contributed by atoms with Crippen LogP contribution in [0.15, 0.2) is 12.2 Å². The van der Waals surface area contributed by atoms with Gasteiger partial charge < -0.3 is 5.73 Å². The summed E-state index contributed by atoms with van der Waals surface area (Å²) in [5, 5.41) is 0. The van der Waals surface area contributed by atoms with Gasteiger partial charge in [-0.1, -0.05) is 39.8 Å². The molecule has 0 amide bonds. The summed E-state index contributed by atoms with van der Waals surface area (Å²) in [6.45, 7) is 15.6. The molecule has 1 nitrogen and oxygen atoms in total. The number of nitrogens with two attached hydrogens (primary N) is 1. The van der Waals surface area contributed by atoms with Crippen LogP contribution in [0.3, 0.4) is 0 Å². The first kappa shape index (κ1) is 13.8. The van der Waals surface area contributed by atoms with Gasteiger partial charge in [0, 0.05) is 6.04 Å². The standard InChI is InChI=1S/C15H29N/c1-7-13(9(2)3)15(16)14-8-10(4)11(5)12(14)6/h10-15H,2,7-8,16H2,1,3-6H3. The molecule has 0 heterocycles. The van der Waals surface area contributed by atoms with Crippen molar-refractivity contribution in [3.05, 3.63) is 12.2 Å². The lowest BCUT2D eigenvalue weighted by Gasteiger charge is -2.31. The van der Waals surface area contributed by atoms with Crippen molar-refractivity contribution in [2.75, 3.05) is 0 Å². The lowest BCUT2D eigenvalue weighted by Crippen LogP contribution is -2.39. The van der Waals surface area contributed by atoms with E-state index in [4.69, 9.17) is 5.73 Å². The van der Waals surface area contributed by atoms with Crippen LogP contribution in [0.5, 0.6) is 0 Å². The molecular formula is C15H29N. The Hall–Kier alpha value is -0.300. The van der Waals surface area contributed by atoms with Gasteiger partial charge in [-0.3, -0.25) is 0 Å². The van der Waals surface area contributed by atoms with E-state index in [0.29, 0.717) is 17.9 Å². The van der Waals surface area contributed by atoms with E-state index in [-0.39, 0.29) is 0 Å². The highest BCUT2D eigenvalue weighted by Gasteiger charge is 2.40. The molecule has 1 aliphatic rings. The van der Waals surface area contributed by atoms with Crippen molar-refractivity contribution in [2.24, 2.45) is 35.3 Å². The summed E-state index contributed by atoms with van der Waals surface area (Å²) in [4.78, 5) is 0. The third-order valence-electron chi connectivity index (χ3n) is 5.08. The van der Waals surface area contributed by atoms with Crippen LogP contribution in [-0.2, 0) is 0 Å². The van der Waals surface area contributed by atoms with Crippen LogP contribution in [0.4, 0.5) is 0 Å². The molecule has 0 aromatic rings. The second-order valence-corrected chi connectivity index (χ2v) is 6.03. The molecule has 0 bridgehead atoms. The average Bonchev–Trinajstić information content (AvgIpc) is 2.46. The summed E-state index contributed by atoms with van der Waals surface area (Å²) >= 11 is 0. The van der Waals surface area contributed by atoms with Gasteiger partial charge in [0.2, 0.25) is 0 Å². The quantitative estimate of drug-likeness (QED) is 0.720. The van der Waals surface area contributed by atoms with Gasteiger partial charge >= 0.3 is 0 Å². The maximum atomic E-state index is 6.49. The van der Waals surface area contributed by atoms with Crippen LogP contribution in [0.1, 0.15) is 47.5 Å². The second kappa shape index (κ2) is 5.35. The zero-order valence-corrected chi connectivity index (χ0v) is 11.7. The maximum Gasteiger partial charge on any atom is 0.0135 e. The molecule has 0 saturated heterocycles. The zero-order valence-electron chi connectivity index (χ0n) is 11.7. The van der Waals surface area contributed by atoms with Crippen molar-refractivity contribution < 1.29 is 0 Å². The highest BCUT2D eigenvalue weighted by atomic mass is 14.7. The molecule has 0 aromatic heterocycles. The largest absolute Gasteiger partial charge is 0.327 e. The highest BCUT2D eigenvalue weighted by Crippen LogP contribution is 2.44. The van der Waals surface area contributed by atoms with Crippen LogP contribution in [0.2, 0.25) is 0 Å². The molecular weight excluding hydrogens is 194 g/mol. The minimum absolute atomic E-state index is 0.310. The lowest BCUT2D eigenvalue weighted by molar-refractivity contribution is 0.259. The van der Waals surface area contributed by atoms with Crippen LogP contribution < -0.4 is 5.73 Å². The molecule has 6 unspecified atom stereocenters. The van der Waals surface area contributed by atoms with E-state index in [1.165, 1.54) is 12.0 Å². The Kier molecular flexibility index (Phi) is 4.61. The van der Waals surface area contributed by atoms with Crippen LogP contribution in [0, 0.1) is 29.6 Å². The molecule has 0 aliphatic heterocycles. The number of hydrogen-bond acceptors (Lipinski definition) is 1. The molecule has 1 aliphatic carbocycles. The third-order valence-corrected chi connectivity index (χ3v) is 5.08. The van der Waals surface area contributed by atoms with Gasteiger partial charge in [0.25, 0.3) is 0 Å². The average molecular weight is 223 g/mol. The summed E-state index contributed by atoms with van der Waals surface area (Å²) in [6.07, 6.45) is 2.43. The van der Waals surface area contributed by atoms with Crippen molar-refractivity contribution in [3.8, 4) is 0 Å². The van der Waals surface area contributed by atoms with E-state index in [1.807, 2.05) is 0 Å². The summed E-state index contributed by atoms with van der Waals surface area (Å²) < 4.78 is 0. The van der Waals surface area contributed by atoms with Gasteiger partial charge in [0.1, 0.15) is 0 Å². The summed E-state index contributed by atoms with van der Waals surface area (Å²) in [5.41, 5.74) is 7.75. The molecule has 6 atom stereocenters. The summed E-state index contributed by atoms with van der Waals surface area (Å²) in [7, 11) is 0. The SMILES string of the molecule is C=C(C)C(CC)C(N)C1CC(C)C(C)C1C. The summed E-state index contributed by atoms with van der Waals surface area (Å²) in [6, 6.07) is 0.310. The van der Waals surface area contributed by atoms with Gasteiger partial charge in [-0.05, 0) is 49.4 Å². The molecule has 0 aromatic carbocycles. The van der Waals surface area contributed by atoms with Gasteiger partial charge in [-0.15, -0.1) is 0 Å². The second-order valence-electron chi connectivity index (χ2n) is 6.03. The monoisotopic (exact) mass is 223 g/mol. The van der Waals surface area contributed by atoms with E-state index < -0.39 is 0 Å². The first-order chi connectivity index (χ1) is 7.40. The molecule has 2 N–H and O–H groups in total. The van der Waals surface area contributed by atoms with Gasteiger partial charge in [0.05, 0.1) is 0 Å². The minimum atomic E-state index is 0.310. The van der Waals surface area contributed by atoms with Crippen molar-refractivity contribution >= 4 is 0 Å². The van der Waals surface area contributed by atoms with Gasteiger partial charge in [-0.25, -0.2) is 0 Å². The zero-order chi connectivity index (χ0) is 12.5. The van der Waals surface area contributed by atoms with Gasteiger partial charge in [0.15, 0.2) is 0 Å². The fourth-order valence-corrected chi connectivity index (χ4v) is 3.52. The Bertz CT molecular complexity index is 246. The Balaban J connectivity index is 2.74. The molecule has 0 radical (unpaired) electrons. The normalized spacial score (nSPS) is 38.4. The highest BCUT2D eigenvalue weighted by molar-refractivity contribution is 5.04. The van der Waals surface area contributed by atoms with Gasteiger partial charge in [-0.2, -0.15) is 0 Å². The van der Waals surface area contributed by atoms with Crippen molar-refractivity contribution in [1.82, 2.24) is 0 Å². The first-order valence-electron chi connectivity index (χ1n) is 6.81. The fraction of sp³-hybridized carbons (Fsp3) is 0.867. The Morgan fingerprint density at radius 3 is 2.19 bits per heavy atom. The molecule has 1 heteroatoms. The van der Waals surface area contributed by atoms with Crippen molar-refractivity contribution in [3.63, 3.8) is 0 Å². The van der Waals surface area contributed by atoms with Crippen LogP contribution >= 0.6 is 0 Å². The predicted octanol–water partition coefficient (Wildman–Crippen LogP) is 3.84. The molecule has 94 valence electrons. The van der Waals surface area contributed by atoms with E-state index >= 15 is 0 Å². The number of rotatable bonds is 4. The van der Waals surface area contributed by atoms with E-state index in [0.717, 1.165) is 24.2 Å². The fourth-order valence-electron chi connectivity index (χ4n) is 3.52. The lowest BCUT2D eigenvalue weighted by atomic mass is 9.78. The van der Waals surface area contributed by atoms with Crippen molar-refractivity contribution in [2.45, 2.75) is 53.5 Å². The van der Waals surface area contributed by atoms with Crippen LogP contribution in [-0.4, -0.2) is 6.04 Å². The van der Waals surface area contributed by atoms with E-state index in [2.05, 4.69) is 41.2 Å². The smallest absolute Gasteiger partial charge is 0.0135 e. The predicted molar refractivity (Wildman–Crippen MR) is 72.2 cm³/mol. The Morgan fingerprint density at radius 2 is 1.88 bits per heavy atom. The Morgan fingerprint density at radius 1 is 1.31 bits per heavy atom. The first-order valence-corrected chi connectivity index (χ1v) is 6.81. The molecule has 1 fully saturated rings. The molecule has 1 rings (SSSR count). The molecule has 1 saturated carbocycles. The van der Waals surface area contributed by atoms with Crippen molar-refractivity contribution in [1.29, 1.82) is 0 Å². The van der Waals surface area contributed by atoms with E-state index in [1.54, 1.807) is 0 Å². The van der Waals surface area contributed by atoms with E-state index in [9.17, 15) is 0 Å². The van der Waals surface area contributed by atoms with Crippen LogP contribution in [0.25, 0.3) is 0 Å². The Labute approximate surface area is 101 Å². The third kappa shape index (κ3) is 2.51. The minimum Gasteiger partial charge on any atom is -0.327 e. The molecule has 0 spiro atoms. The topological polar surface area (TPSA) is 26.0 Å². The number of hydrogen-bond donors (Lipinski definition) is 1. The maximum absolute atomic E-state index is 6.49. The summed E-state index contributed by atoms with van der Waals surface area (Å²) in [5.74, 6) is 3.60.